The maximum absolute atomic E-state index is 12.2. The number of hydrogen-bond acceptors (Lipinski definition) is 4. The third-order valence-corrected chi connectivity index (χ3v) is 4.31. The highest BCUT2D eigenvalue weighted by Crippen LogP contribution is 2.34. The first-order valence-corrected chi connectivity index (χ1v) is 7.14. The molecule has 0 N–H and O–H groups in total. The molecule has 1 aromatic carbocycles. The molecule has 6 heteroatoms. The van der Waals surface area contributed by atoms with Gasteiger partial charge in [-0.15, -0.1) is 0 Å². The predicted molar refractivity (Wildman–Crippen MR) is 74.8 cm³/mol. The van der Waals surface area contributed by atoms with Crippen molar-refractivity contribution >= 4 is 39.1 Å². The first kappa shape index (κ1) is 13.5. The molecular formula is C14H12BrNO4. The summed E-state index contributed by atoms with van der Waals surface area (Å²) in [5.41, 5.74) is 0.842. The predicted octanol–water partition coefficient (Wildman–Crippen LogP) is 1.58. The first-order chi connectivity index (χ1) is 9.59. The van der Waals surface area contributed by atoms with Gasteiger partial charge in [-0.25, -0.2) is 0 Å². The van der Waals surface area contributed by atoms with Crippen LogP contribution in [0.3, 0.4) is 0 Å². The van der Waals surface area contributed by atoms with Gasteiger partial charge in [-0.05, 0) is 34.5 Å². The van der Waals surface area contributed by atoms with Crippen LogP contribution in [0.1, 0.15) is 16.8 Å². The van der Waals surface area contributed by atoms with E-state index in [2.05, 4.69) is 15.9 Å². The number of ether oxygens (including phenoxy) is 1. The Bertz CT molecular complexity index is 607. The van der Waals surface area contributed by atoms with E-state index in [0.717, 1.165) is 0 Å². The van der Waals surface area contributed by atoms with Crippen molar-refractivity contribution in [3.8, 4) is 0 Å². The average molecular weight is 338 g/mol. The number of benzene rings is 1. The summed E-state index contributed by atoms with van der Waals surface area (Å²) in [5.74, 6) is -1.44. The lowest BCUT2D eigenvalue weighted by atomic mass is 10.0. The van der Waals surface area contributed by atoms with Crippen molar-refractivity contribution in [2.24, 2.45) is 5.92 Å². The number of fused-ring (bicyclic) bond motifs is 1. The highest BCUT2D eigenvalue weighted by atomic mass is 79.9. The molecule has 1 atom stereocenters. The topological polar surface area (TPSA) is 63.7 Å². The Hall–Kier alpha value is -1.53. The Balaban J connectivity index is 1.88. The average Bonchev–Trinajstić information content (AvgIpc) is 3.03. The molecule has 0 spiro atoms. The zero-order chi connectivity index (χ0) is 14.3. The largest absolute Gasteiger partial charge is 0.381 e. The summed E-state index contributed by atoms with van der Waals surface area (Å²) < 4.78 is 5.76. The minimum atomic E-state index is -0.640. The van der Waals surface area contributed by atoms with Crippen LogP contribution in [0, 0.1) is 5.92 Å². The molecule has 0 radical (unpaired) electrons. The summed E-state index contributed by atoms with van der Waals surface area (Å²) in [6.45, 7) is 0.910. The molecule has 1 unspecified atom stereocenters. The molecule has 3 rings (SSSR count). The molecule has 0 aromatic heterocycles. The van der Waals surface area contributed by atoms with Gasteiger partial charge in [0.25, 0.3) is 11.7 Å². The Morgan fingerprint density at radius 1 is 1.40 bits per heavy atom. The van der Waals surface area contributed by atoms with Gasteiger partial charge in [0.2, 0.25) is 0 Å². The van der Waals surface area contributed by atoms with E-state index in [0.29, 0.717) is 35.4 Å². The van der Waals surface area contributed by atoms with E-state index < -0.39 is 11.7 Å². The van der Waals surface area contributed by atoms with Gasteiger partial charge in [-0.3, -0.25) is 19.3 Å². The fourth-order valence-corrected chi connectivity index (χ4v) is 3.07. The van der Waals surface area contributed by atoms with Crippen molar-refractivity contribution in [2.75, 3.05) is 24.7 Å². The molecule has 0 aliphatic carbocycles. The minimum absolute atomic E-state index is 0.0588. The number of Topliss-reactive ketones (excluding diaryl/α,β-unsaturated/α-hetero) is 2. The van der Waals surface area contributed by atoms with Gasteiger partial charge in [-0.2, -0.15) is 0 Å². The normalized spacial score (nSPS) is 21.4. The van der Waals surface area contributed by atoms with E-state index >= 15 is 0 Å². The minimum Gasteiger partial charge on any atom is -0.381 e. The molecule has 20 heavy (non-hydrogen) atoms. The van der Waals surface area contributed by atoms with Crippen LogP contribution in [0.2, 0.25) is 0 Å². The van der Waals surface area contributed by atoms with Crippen LogP contribution < -0.4 is 4.90 Å². The monoisotopic (exact) mass is 337 g/mol. The number of amides is 1. The van der Waals surface area contributed by atoms with Crippen molar-refractivity contribution in [3.63, 3.8) is 0 Å². The number of carbonyl (C=O) groups is 3. The second-order valence-electron chi connectivity index (χ2n) is 4.88. The van der Waals surface area contributed by atoms with Crippen LogP contribution in [0.25, 0.3) is 0 Å². The summed E-state index contributed by atoms with van der Waals surface area (Å²) in [5, 5.41) is 0. The molecule has 1 fully saturated rings. The van der Waals surface area contributed by atoms with Crippen LogP contribution in [0.15, 0.2) is 22.7 Å². The van der Waals surface area contributed by atoms with Crippen molar-refractivity contribution < 1.29 is 19.1 Å². The number of nitrogens with zero attached hydrogens (tertiary/aromatic N) is 1. The number of ketones is 2. The van der Waals surface area contributed by atoms with E-state index in [1.165, 1.54) is 4.90 Å². The Labute approximate surface area is 124 Å². The van der Waals surface area contributed by atoms with E-state index in [1.54, 1.807) is 18.2 Å². The van der Waals surface area contributed by atoms with Gasteiger partial charge < -0.3 is 4.74 Å². The number of hydrogen-bond donors (Lipinski definition) is 0. The second kappa shape index (κ2) is 5.10. The highest BCUT2D eigenvalue weighted by molar-refractivity contribution is 9.10. The van der Waals surface area contributed by atoms with Crippen LogP contribution in [0.5, 0.6) is 0 Å². The highest BCUT2D eigenvalue weighted by Gasteiger charge is 2.39. The molecule has 1 amide bonds. The van der Waals surface area contributed by atoms with E-state index in [-0.39, 0.29) is 18.2 Å². The maximum Gasteiger partial charge on any atom is 0.299 e. The summed E-state index contributed by atoms with van der Waals surface area (Å²) in [7, 11) is 0. The number of anilines is 1. The Morgan fingerprint density at radius 2 is 2.20 bits per heavy atom. The third-order valence-electron chi connectivity index (χ3n) is 3.65. The zero-order valence-electron chi connectivity index (χ0n) is 10.6. The summed E-state index contributed by atoms with van der Waals surface area (Å²) in [6.07, 6.45) is 0.681. The third kappa shape index (κ3) is 2.09. The van der Waals surface area contributed by atoms with Crippen molar-refractivity contribution in [3.05, 3.63) is 28.2 Å². The van der Waals surface area contributed by atoms with E-state index in [9.17, 15) is 14.4 Å². The van der Waals surface area contributed by atoms with Crippen LogP contribution in [-0.4, -0.2) is 37.2 Å². The molecule has 0 saturated carbocycles. The molecule has 1 saturated heterocycles. The molecule has 2 aliphatic heterocycles. The van der Waals surface area contributed by atoms with Crippen LogP contribution in [-0.2, 0) is 14.3 Å². The van der Waals surface area contributed by atoms with Crippen molar-refractivity contribution in [2.45, 2.75) is 6.42 Å². The molecule has 2 aliphatic rings. The van der Waals surface area contributed by atoms with Gasteiger partial charge >= 0.3 is 0 Å². The lowest BCUT2D eigenvalue weighted by Gasteiger charge is -2.17. The fourth-order valence-electron chi connectivity index (χ4n) is 2.53. The van der Waals surface area contributed by atoms with Gasteiger partial charge in [0.05, 0.1) is 24.4 Å². The molecule has 0 bridgehead atoms. The smallest absolute Gasteiger partial charge is 0.299 e. The molecule has 2 heterocycles. The SMILES string of the molecule is O=C1C(=O)N(CC(=O)C2CCOC2)c2cccc(Br)c21. The number of rotatable bonds is 3. The van der Waals surface area contributed by atoms with Gasteiger partial charge in [0.15, 0.2) is 5.78 Å². The maximum atomic E-state index is 12.2. The summed E-state index contributed by atoms with van der Waals surface area (Å²) >= 11 is 3.27. The van der Waals surface area contributed by atoms with E-state index in [1.807, 2.05) is 0 Å². The van der Waals surface area contributed by atoms with Gasteiger partial charge in [0.1, 0.15) is 0 Å². The summed E-state index contributed by atoms with van der Waals surface area (Å²) in [6, 6.07) is 5.13. The first-order valence-electron chi connectivity index (χ1n) is 6.34. The molecule has 104 valence electrons. The lowest BCUT2D eigenvalue weighted by molar-refractivity contribution is -0.123. The van der Waals surface area contributed by atoms with Crippen LogP contribution >= 0.6 is 15.9 Å². The van der Waals surface area contributed by atoms with Crippen molar-refractivity contribution in [1.29, 1.82) is 0 Å². The van der Waals surface area contributed by atoms with Gasteiger partial charge in [0, 0.05) is 17.0 Å². The Morgan fingerprint density at radius 3 is 2.90 bits per heavy atom. The molecular weight excluding hydrogens is 326 g/mol. The van der Waals surface area contributed by atoms with Crippen LogP contribution in [0.4, 0.5) is 5.69 Å². The van der Waals surface area contributed by atoms with Crippen molar-refractivity contribution in [1.82, 2.24) is 0 Å². The zero-order valence-corrected chi connectivity index (χ0v) is 12.2. The Kier molecular flexibility index (Phi) is 3.43. The van der Waals surface area contributed by atoms with E-state index in [4.69, 9.17) is 4.74 Å². The fraction of sp³-hybridized carbons (Fsp3) is 0.357. The second-order valence-corrected chi connectivity index (χ2v) is 5.74. The molecule has 1 aromatic rings. The lowest BCUT2D eigenvalue weighted by Crippen LogP contribution is -2.37. The number of carbonyl (C=O) groups excluding carboxylic acids is 3. The van der Waals surface area contributed by atoms with Gasteiger partial charge in [-0.1, -0.05) is 6.07 Å². The standard InChI is InChI=1S/C14H12BrNO4/c15-9-2-1-3-10-12(9)13(18)14(19)16(10)6-11(17)8-4-5-20-7-8/h1-3,8H,4-7H2. The summed E-state index contributed by atoms with van der Waals surface area (Å²) in [4.78, 5) is 37.4. The molecule has 5 nitrogen and oxygen atoms in total. The quantitative estimate of drug-likeness (QED) is 0.785. The number of halogens is 1.